The Morgan fingerprint density at radius 1 is 1.07 bits per heavy atom. The summed E-state index contributed by atoms with van der Waals surface area (Å²) >= 11 is 0. The van der Waals surface area contributed by atoms with E-state index in [2.05, 4.69) is 10.2 Å². The van der Waals surface area contributed by atoms with Crippen LogP contribution >= 0.6 is 12.4 Å². The van der Waals surface area contributed by atoms with Crippen molar-refractivity contribution in [1.29, 1.82) is 0 Å². The van der Waals surface area contributed by atoms with Crippen molar-refractivity contribution in [1.82, 2.24) is 10.2 Å². The molecule has 1 atom stereocenters. The topological polar surface area (TPSA) is 35.6 Å². The van der Waals surface area contributed by atoms with Crippen LogP contribution in [0.1, 0.15) is 31.2 Å². The number of piperidine rings is 1. The van der Waals surface area contributed by atoms with Crippen molar-refractivity contribution in [3.63, 3.8) is 0 Å². The Kier molecular flexibility index (Phi) is 7.54. The molecular formula is C19H27ClF3N3O. The van der Waals surface area contributed by atoms with Crippen LogP contribution in [0.2, 0.25) is 0 Å². The molecule has 1 aromatic carbocycles. The summed E-state index contributed by atoms with van der Waals surface area (Å²) in [5.74, 6) is 0.722. The highest BCUT2D eigenvalue weighted by Gasteiger charge is 2.38. The first-order valence-corrected chi connectivity index (χ1v) is 9.27. The average Bonchev–Trinajstić information content (AvgIpc) is 3.01. The minimum atomic E-state index is -4.35. The number of amides is 1. The van der Waals surface area contributed by atoms with Crippen LogP contribution < -0.4 is 10.2 Å². The molecule has 1 aromatic rings. The highest BCUT2D eigenvalue weighted by atomic mass is 35.5. The summed E-state index contributed by atoms with van der Waals surface area (Å²) in [6, 6.07) is 4.74. The SMILES string of the molecule is CNCCC1CCN(C2CCN(c3ccc(C(F)(F)F)cc3)C2=O)CC1.Cl. The number of likely N-dealkylation sites (tertiary alicyclic amines) is 1. The Balaban J connectivity index is 0.00000261. The van der Waals surface area contributed by atoms with Gasteiger partial charge in [0.05, 0.1) is 11.6 Å². The lowest BCUT2D eigenvalue weighted by Gasteiger charge is -2.35. The minimum Gasteiger partial charge on any atom is -0.320 e. The Morgan fingerprint density at radius 3 is 2.26 bits per heavy atom. The van der Waals surface area contributed by atoms with Crippen LogP contribution in [0.3, 0.4) is 0 Å². The molecule has 2 saturated heterocycles. The van der Waals surface area contributed by atoms with E-state index in [9.17, 15) is 18.0 Å². The van der Waals surface area contributed by atoms with E-state index in [1.807, 2.05) is 7.05 Å². The number of nitrogens with zero attached hydrogens (tertiary/aromatic N) is 2. The van der Waals surface area contributed by atoms with Crippen LogP contribution in [0.5, 0.6) is 0 Å². The van der Waals surface area contributed by atoms with E-state index in [4.69, 9.17) is 0 Å². The Hall–Kier alpha value is -1.31. The number of alkyl halides is 3. The highest BCUT2D eigenvalue weighted by molar-refractivity contribution is 5.99. The third-order valence-corrected chi connectivity index (χ3v) is 5.58. The van der Waals surface area contributed by atoms with E-state index in [1.165, 1.54) is 18.6 Å². The number of hydrogen-bond donors (Lipinski definition) is 1. The van der Waals surface area contributed by atoms with Gasteiger partial charge in [-0.2, -0.15) is 13.2 Å². The van der Waals surface area contributed by atoms with E-state index in [0.717, 1.165) is 51.0 Å². The standard InChI is InChI=1S/C19H26F3N3O.ClH/c1-23-10-6-14-7-11-24(12-8-14)17-9-13-25(18(17)26)16-4-2-15(3-5-16)19(20,21)22;/h2-5,14,17,23H,6-13H2,1H3;1H. The van der Waals surface area contributed by atoms with Crippen molar-refractivity contribution in [2.75, 3.05) is 38.1 Å². The molecule has 0 aliphatic carbocycles. The van der Waals surface area contributed by atoms with Crippen molar-refractivity contribution in [2.24, 2.45) is 5.92 Å². The Bertz CT molecular complexity index is 616. The van der Waals surface area contributed by atoms with Gasteiger partial charge in [0.15, 0.2) is 0 Å². The van der Waals surface area contributed by atoms with Gasteiger partial charge in [-0.15, -0.1) is 12.4 Å². The maximum atomic E-state index is 12.8. The number of carbonyl (C=O) groups excluding carboxylic acids is 1. The van der Waals surface area contributed by atoms with Crippen LogP contribution in [0, 0.1) is 5.92 Å². The lowest BCUT2D eigenvalue weighted by Crippen LogP contribution is -2.46. The largest absolute Gasteiger partial charge is 0.416 e. The normalized spacial score (nSPS) is 22.1. The number of nitrogens with one attached hydrogen (secondary N) is 1. The molecule has 0 aromatic heterocycles. The van der Waals surface area contributed by atoms with Gasteiger partial charge in [0.25, 0.3) is 0 Å². The Morgan fingerprint density at radius 2 is 1.70 bits per heavy atom. The summed E-state index contributed by atoms with van der Waals surface area (Å²) in [6.07, 6.45) is -0.243. The zero-order valence-electron chi connectivity index (χ0n) is 15.5. The molecule has 2 aliphatic heterocycles. The monoisotopic (exact) mass is 405 g/mol. The molecule has 27 heavy (non-hydrogen) atoms. The number of benzene rings is 1. The first-order chi connectivity index (χ1) is 12.4. The third kappa shape index (κ3) is 5.15. The van der Waals surface area contributed by atoms with E-state index < -0.39 is 11.7 Å². The third-order valence-electron chi connectivity index (χ3n) is 5.58. The summed E-state index contributed by atoms with van der Waals surface area (Å²) in [5, 5.41) is 3.18. The van der Waals surface area contributed by atoms with Crippen LogP contribution in [0.15, 0.2) is 24.3 Å². The molecule has 1 N–H and O–H groups in total. The second-order valence-electron chi connectivity index (χ2n) is 7.21. The fourth-order valence-corrected chi connectivity index (χ4v) is 3.99. The van der Waals surface area contributed by atoms with Crippen molar-refractivity contribution < 1.29 is 18.0 Å². The molecule has 2 heterocycles. The van der Waals surface area contributed by atoms with Gasteiger partial charge in [-0.3, -0.25) is 9.69 Å². The van der Waals surface area contributed by atoms with Gasteiger partial charge >= 0.3 is 6.18 Å². The second-order valence-corrected chi connectivity index (χ2v) is 7.21. The number of hydrogen-bond acceptors (Lipinski definition) is 3. The number of anilines is 1. The van der Waals surface area contributed by atoms with E-state index in [-0.39, 0.29) is 24.4 Å². The summed E-state index contributed by atoms with van der Waals surface area (Å²) in [6.45, 7) is 3.43. The fraction of sp³-hybridized carbons (Fsp3) is 0.632. The molecule has 0 spiro atoms. The summed E-state index contributed by atoms with van der Waals surface area (Å²) in [4.78, 5) is 16.7. The smallest absolute Gasteiger partial charge is 0.320 e. The molecule has 1 unspecified atom stereocenters. The Labute approximate surface area is 164 Å². The quantitative estimate of drug-likeness (QED) is 0.813. The lowest BCUT2D eigenvalue weighted by molar-refractivity contribution is -0.137. The zero-order chi connectivity index (χ0) is 18.7. The van der Waals surface area contributed by atoms with Gasteiger partial charge in [-0.05, 0) is 82.5 Å². The molecule has 152 valence electrons. The van der Waals surface area contributed by atoms with Crippen LogP contribution in [0.25, 0.3) is 0 Å². The average molecular weight is 406 g/mol. The van der Waals surface area contributed by atoms with Crippen molar-refractivity contribution in [3.8, 4) is 0 Å². The molecule has 3 rings (SSSR count). The summed E-state index contributed by atoms with van der Waals surface area (Å²) in [5.41, 5.74) is -0.137. The van der Waals surface area contributed by atoms with Crippen molar-refractivity contribution in [3.05, 3.63) is 29.8 Å². The first kappa shape index (κ1) is 22.0. The fourth-order valence-electron chi connectivity index (χ4n) is 3.99. The second kappa shape index (κ2) is 9.26. The maximum absolute atomic E-state index is 12.8. The molecular weight excluding hydrogens is 379 g/mol. The predicted octanol–water partition coefficient (Wildman–Crippen LogP) is 3.55. The van der Waals surface area contributed by atoms with E-state index >= 15 is 0 Å². The molecule has 0 bridgehead atoms. The molecule has 0 radical (unpaired) electrons. The van der Waals surface area contributed by atoms with E-state index in [1.54, 1.807) is 4.90 Å². The van der Waals surface area contributed by atoms with Gasteiger partial charge in [0, 0.05) is 12.2 Å². The molecule has 2 fully saturated rings. The van der Waals surface area contributed by atoms with Crippen molar-refractivity contribution in [2.45, 2.75) is 37.9 Å². The van der Waals surface area contributed by atoms with Crippen LogP contribution in [0.4, 0.5) is 18.9 Å². The molecule has 0 saturated carbocycles. The number of rotatable bonds is 5. The number of halogens is 4. The van der Waals surface area contributed by atoms with E-state index in [0.29, 0.717) is 18.2 Å². The van der Waals surface area contributed by atoms with Crippen molar-refractivity contribution >= 4 is 24.0 Å². The van der Waals surface area contributed by atoms with Gasteiger partial charge in [-0.1, -0.05) is 0 Å². The first-order valence-electron chi connectivity index (χ1n) is 9.27. The minimum absolute atomic E-state index is 0. The maximum Gasteiger partial charge on any atom is 0.416 e. The van der Waals surface area contributed by atoms with Gasteiger partial charge < -0.3 is 10.2 Å². The van der Waals surface area contributed by atoms with Gasteiger partial charge in [0.1, 0.15) is 0 Å². The van der Waals surface area contributed by atoms with Gasteiger partial charge in [-0.25, -0.2) is 0 Å². The van der Waals surface area contributed by atoms with Crippen LogP contribution in [-0.4, -0.2) is 50.1 Å². The molecule has 2 aliphatic rings. The highest BCUT2D eigenvalue weighted by Crippen LogP contribution is 2.32. The lowest BCUT2D eigenvalue weighted by atomic mass is 9.92. The molecule has 4 nitrogen and oxygen atoms in total. The number of carbonyl (C=O) groups is 1. The van der Waals surface area contributed by atoms with Gasteiger partial charge in [0.2, 0.25) is 5.91 Å². The summed E-state index contributed by atoms with van der Waals surface area (Å²) < 4.78 is 38.1. The molecule has 1 amide bonds. The zero-order valence-corrected chi connectivity index (χ0v) is 16.3. The van der Waals surface area contributed by atoms with Crippen LogP contribution in [-0.2, 0) is 11.0 Å². The summed E-state index contributed by atoms with van der Waals surface area (Å²) in [7, 11) is 1.96. The molecule has 8 heteroatoms. The predicted molar refractivity (Wildman–Crippen MR) is 102 cm³/mol.